The summed E-state index contributed by atoms with van der Waals surface area (Å²) in [6.07, 6.45) is 1.31. The van der Waals surface area contributed by atoms with Crippen LogP contribution in [0.4, 0.5) is 0 Å². The summed E-state index contributed by atoms with van der Waals surface area (Å²) in [5.74, 6) is 2.40. The molecule has 1 aromatic heterocycles. The summed E-state index contributed by atoms with van der Waals surface area (Å²) in [4.78, 5) is 0. The lowest BCUT2D eigenvalue weighted by Gasteiger charge is -1.89. The molecule has 2 unspecified atom stereocenters. The van der Waals surface area contributed by atoms with Crippen molar-refractivity contribution in [3.63, 3.8) is 0 Å². The van der Waals surface area contributed by atoms with Crippen LogP contribution >= 0.6 is 22.9 Å². The van der Waals surface area contributed by atoms with Crippen molar-refractivity contribution < 1.29 is 0 Å². The second kappa shape index (κ2) is 2.55. The molecular formula is C8H9ClS. The number of hydrogen-bond acceptors (Lipinski definition) is 1. The minimum Gasteiger partial charge on any atom is -0.152 e. The maximum Gasteiger partial charge on any atom is 0.0257 e. The predicted molar refractivity (Wildman–Crippen MR) is 45.9 cm³/mol. The second-order valence-electron chi connectivity index (χ2n) is 2.81. The lowest BCUT2D eigenvalue weighted by Crippen LogP contribution is -1.79. The standard InChI is InChI=1S/C8H9ClS/c9-4-7-3-8(7)6-1-2-10-5-6/h1-2,5,7-8H,3-4H2. The molecular weight excluding hydrogens is 164 g/mol. The quantitative estimate of drug-likeness (QED) is 0.602. The minimum atomic E-state index is 0.774. The Morgan fingerprint density at radius 2 is 2.60 bits per heavy atom. The molecule has 0 amide bonds. The lowest BCUT2D eigenvalue weighted by atomic mass is 10.2. The van der Waals surface area contributed by atoms with Gasteiger partial charge in [-0.2, -0.15) is 11.3 Å². The molecule has 2 atom stereocenters. The molecule has 0 aliphatic heterocycles. The van der Waals surface area contributed by atoms with Crippen LogP contribution in [0.2, 0.25) is 0 Å². The van der Waals surface area contributed by atoms with Crippen molar-refractivity contribution in [1.29, 1.82) is 0 Å². The number of rotatable bonds is 2. The van der Waals surface area contributed by atoms with Crippen LogP contribution in [-0.4, -0.2) is 5.88 Å². The van der Waals surface area contributed by atoms with Gasteiger partial charge >= 0.3 is 0 Å². The van der Waals surface area contributed by atoms with E-state index in [0.29, 0.717) is 0 Å². The Hall–Kier alpha value is -0.0100. The maximum atomic E-state index is 5.71. The van der Waals surface area contributed by atoms with Crippen molar-refractivity contribution in [2.24, 2.45) is 5.92 Å². The summed E-state index contributed by atoms with van der Waals surface area (Å²) in [5.41, 5.74) is 1.50. The first-order chi connectivity index (χ1) is 4.92. The van der Waals surface area contributed by atoms with E-state index in [9.17, 15) is 0 Å². The van der Waals surface area contributed by atoms with E-state index >= 15 is 0 Å². The summed E-state index contributed by atoms with van der Waals surface area (Å²) < 4.78 is 0. The topological polar surface area (TPSA) is 0 Å². The summed E-state index contributed by atoms with van der Waals surface area (Å²) in [6, 6.07) is 2.21. The van der Waals surface area contributed by atoms with Gasteiger partial charge in [0.1, 0.15) is 0 Å². The van der Waals surface area contributed by atoms with Gasteiger partial charge in [-0.15, -0.1) is 11.6 Å². The molecule has 10 heavy (non-hydrogen) atoms. The van der Waals surface area contributed by atoms with Gasteiger partial charge in [-0.3, -0.25) is 0 Å². The number of hydrogen-bond donors (Lipinski definition) is 0. The molecule has 1 aliphatic carbocycles. The first-order valence-electron chi connectivity index (χ1n) is 3.50. The average Bonchev–Trinajstić information content (AvgIpc) is 2.56. The van der Waals surface area contributed by atoms with Crippen LogP contribution in [0.5, 0.6) is 0 Å². The Morgan fingerprint density at radius 3 is 3.10 bits per heavy atom. The zero-order chi connectivity index (χ0) is 6.97. The highest BCUT2D eigenvalue weighted by molar-refractivity contribution is 7.08. The molecule has 1 aliphatic rings. The van der Waals surface area contributed by atoms with Gasteiger partial charge in [0.15, 0.2) is 0 Å². The van der Waals surface area contributed by atoms with E-state index in [4.69, 9.17) is 11.6 Å². The summed E-state index contributed by atoms with van der Waals surface area (Å²) >= 11 is 7.49. The summed E-state index contributed by atoms with van der Waals surface area (Å²) in [6.45, 7) is 0. The van der Waals surface area contributed by atoms with Gasteiger partial charge in [-0.1, -0.05) is 0 Å². The van der Waals surface area contributed by atoms with Crippen LogP contribution in [0.15, 0.2) is 16.8 Å². The number of thiophene rings is 1. The highest BCUT2D eigenvalue weighted by Crippen LogP contribution is 2.48. The summed E-state index contributed by atoms with van der Waals surface area (Å²) in [7, 11) is 0. The highest BCUT2D eigenvalue weighted by Gasteiger charge is 2.37. The van der Waals surface area contributed by atoms with E-state index in [1.165, 1.54) is 12.0 Å². The Morgan fingerprint density at radius 1 is 1.70 bits per heavy atom. The molecule has 0 bridgehead atoms. The van der Waals surface area contributed by atoms with Crippen LogP contribution in [-0.2, 0) is 0 Å². The van der Waals surface area contributed by atoms with E-state index < -0.39 is 0 Å². The van der Waals surface area contributed by atoms with Crippen LogP contribution < -0.4 is 0 Å². The van der Waals surface area contributed by atoms with Gasteiger partial charge < -0.3 is 0 Å². The van der Waals surface area contributed by atoms with Gasteiger partial charge in [0.25, 0.3) is 0 Å². The van der Waals surface area contributed by atoms with Gasteiger partial charge in [0, 0.05) is 5.88 Å². The summed E-state index contributed by atoms with van der Waals surface area (Å²) in [5, 5.41) is 4.37. The SMILES string of the molecule is ClCC1CC1c1ccsc1. The fraction of sp³-hybridized carbons (Fsp3) is 0.500. The van der Waals surface area contributed by atoms with Crippen molar-refractivity contribution in [2.45, 2.75) is 12.3 Å². The van der Waals surface area contributed by atoms with E-state index in [2.05, 4.69) is 16.8 Å². The first-order valence-corrected chi connectivity index (χ1v) is 4.97. The molecule has 1 saturated carbocycles. The first kappa shape index (κ1) is 6.68. The Bertz CT molecular complexity index is 205. The van der Waals surface area contributed by atoms with Crippen molar-refractivity contribution >= 4 is 22.9 Å². The van der Waals surface area contributed by atoms with Crippen LogP contribution in [0.3, 0.4) is 0 Å². The molecule has 0 N–H and O–H groups in total. The normalized spacial score (nSPS) is 30.5. The molecule has 2 heteroatoms. The monoisotopic (exact) mass is 172 g/mol. The van der Waals surface area contributed by atoms with Crippen molar-refractivity contribution in [3.05, 3.63) is 22.4 Å². The molecule has 2 rings (SSSR count). The van der Waals surface area contributed by atoms with Crippen LogP contribution in [0, 0.1) is 5.92 Å². The van der Waals surface area contributed by atoms with Crippen molar-refractivity contribution in [1.82, 2.24) is 0 Å². The van der Waals surface area contributed by atoms with Gasteiger partial charge in [-0.25, -0.2) is 0 Å². The molecule has 1 heterocycles. The molecule has 0 spiro atoms. The van der Waals surface area contributed by atoms with Crippen molar-refractivity contribution in [2.75, 3.05) is 5.88 Å². The molecule has 54 valence electrons. The largest absolute Gasteiger partial charge is 0.152 e. The Labute approximate surface area is 69.8 Å². The molecule has 0 nitrogen and oxygen atoms in total. The van der Waals surface area contributed by atoms with Crippen LogP contribution in [0.1, 0.15) is 17.9 Å². The van der Waals surface area contributed by atoms with Gasteiger partial charge in [-0.05, 0) is 40.6 Å². The third kappa shape index (κ3) is 1.08. The lowest BCUT2D eigenvalue weighted by molar-refractivity contribution is 0.927. The molecule has 0 aromatic carbocycles. The predicted octanol–water partition coefficient (Wildman–Crippen LogP) is 3.09. The minimum absolute atomic E-state index is 0.774. The Balaban J connectivity index is 2.05. The van der Waals surface area contributed by atoms with Gasteiger partial charge in [0.2, 0.25) is 0 Å². The van der Waals surface area contributed by atoms with Crippen LogP contribution in [0.25, 0.3) is 0 Å². The fourth-order valence-electron chi connectivity index (χ4n) is 1.31. The van der Waals surface area contributed by atoms with E-state index in [0.717, 1.165) is 17.7 Å². The highest BCUT2D eigenvalue weighted by atomic mass is 35.5. The molecule has 1 fully saturated rings. The van der Waals surface area contributed by atoms with Crippen molar-refractivity contribution in [3.8, 4) is 0 Å². The smallest absolute Gasteiger partial charge is 0.0257 e. The zero-order valence-electron chi connectivity index (χ0n) is 5.59. The third-order valence-corrected chi connectivity index (χ3v) is 3.19. The number of halogens is 1. The van der Waals surface area contributed by atoms with E-state index in [-0.39, 0.29) is 0 Å². The van der Waals surface area contributed by atoms with E-state index in [1.807, 2.05) is 0 Å². The third-order valence-electron chi connectivity index (χ3n) is 2.09. The second-order valence-corrected chi connectivity index (χ2v) is 3.90. The van der Waals surface area contributed by atoms with E-state index in [1.54, 1.807) is 11.3 Å². The number of alkyl halides is 1. The fourth-order valence-corrected chi connectivity index (χ4v) is 2.38. The molecule has 0 saturated heterocycles. The zero-order valence-corrected chi connectivity index (χ0v) is 7.16. The van der Waals surface area contributed by atoms with Gasteiger partial charge in [0.05, 0.1) is 0 Å². The maximum absolute atomic E-state index is 5.71. The molecule has 1 aromatic rings. The average molecular weight is 173 g/mol. The Kier molecular flexibility index (Phi) is 1.71. The molecule has 0 radical (unpaired) electrons.